The first-order valence-electron chi connectivity index (χ1n) is 6.67. The van der Waals surface area contributed by atoms with Gasteiger partial charge in [0.05, 0.1) is 0 Å². The Morgan fingerprint density at radius 1 is 1.29 bits per heavy atom. The number of rotatable bonds is 5. The first-order chi connectivity index (χ1) is 9.82. The molecular formula is C14H20N4O2S. The number of anilines is 1. The van der Waals surface area contributed by atoms with Crippen molar-refractivity contribution in [1.82, 2.24) is 14.1 Å². The normalized spacial score (nSPS) is 12.2. The first kappa shape index (κ1) is 15.5. The third-order valence-corrected chi connectivity index (χ3v) is 5.20. The predicted octanol–water partition coefficient (Wildman–Crippen LogP) is 1.60. The Morgan fingerprint density at radius 2 is 1.90 bits per heavy atom. The molecule has 6 nitrogen and oxygen atoms in total. The average molecular weight is 308 g/mol. The van der Waals surface area contributed by atoms with Crippen molar-refractivity contribution >= 4 is 15.8 Å². The van der Waals surface area contributed by atoms with Gasteiger partial charge in [-0.15, -0.1) is 0 Å². The second-order valence-electron chi connectivity index (χ2n) is 5.18. The molecular weight excluding hydrogens is 288 g/mol. The lowest BCUT2D eigenvalue weighted by Crippen LogP contribution is -2.36. The molecule has 1 aromatic heterocycles. The Kier molecular flexibility index (Phi) is 4.34. The highest BCUT2D eigenvalue weighted by Gasteiger charge is 2.30. The molecule has 0 atom stereocenters. The molecule has 114 valence electrons. The van der Waals surface area contributed by atoms with Gasteiger partial charge in [-0.1, -0.05) is 30.3 Å². The van der Waals surface area contributed by atoms with Crippen LogP contribution < -0.4 is 5.73 Å². The standard InChI is InChI=1S/C14H20N4O2S/c1-11(2)18(9-12-7-5-4-6-8-12)21(19,20)13-10-17(3)16-14(13)15/h4-8,10-11H,9H2,1-3H3,(H2,15,16). The van der Waals surface area contributed by atoms with Crippen LogP contribution in [0.5, 0.6) is 0 Å². The molecule has 7 heteroatoms. The fraction of sp³-hybridized carbons (Fsp3) is 0.357. The van der Waals surface area contributed by atoms with Crippen LogP contribution in [0.25, 0.3) is 0 Å². The van der Waals surface area contributed by atoms with Crippen LogP contribution >= 0.6 is 0 Å². The molecule has 21 heavy (non-hydrogen) atoms. The van der Waals surface area contributed by atoms with Crippen molar-refractivity contribution in [2.75, 3.05) is 5.73 Å². The van der Waals surface area contributed by atoms with Gasteiger partial charge in [0.25, 0.3) is 0 Å². The third-order valence-electron chi connectivity index (χ3n) is 3.17. The van der Waals surface area contributed by atoms with Crippen molar-refractivity contribution < 1.29 is 8.42 Å². The molecule has 0 radical (unpaired) electrons. The van der Waals surface area contributed by atoms with Gasteiger partial charge >= 0.3 is 0 Å². The fourth-order valence-corrected chi connectivity index (χ4v) is 3.84. The third kappa shape index (κ3) is 3.25. The highest BCUT2D eigenvalue weighted by molar-refractivity contribution is 7.89. The maximum atomic E-state index is 12.8. The van der Waals surface area contributed by atoms with E-state index >= 15 is 0 Å². The number of hydrogen-bond acceptors (Lipinski definition) is 4. The van der Waals surface area contributed by atoms with Crippen LogP contribution in [-0.2, 0) is 23.6 Å². The van der Waals surface area contributed by atoms with Gasteiger partial charge in [-0.25, -0.2) is 8.42 Å². The minimum Gasteiger partial charge on any atom is -0.381 e. The van der Waals surface area contributed by atoms with Crippen LogP contribution in [0.3, 0.4) is 0 Å². The number of nitrogens with zero attached hydrogens (tertiary/aromatic N) is 3. The molecule has 2 rings (SSSR count). The maximum absolute atomic E-state index is 12.8. The molecule has 0 aliphatic rings. The Hall–Kier alpha value is -1.86. The molecule has 2 N–H and O–H groups in total. The molecule has 2 aromatic rings. The van der Waals surface area contributed by atoms with E-state index in [0.717, 1.165) is 5.56 Å². The quantitative estimate of drug-likeness (QED) is 0.909. The van der Waals surface area contributed by atoms with Crippen LogP contribution in [0, 0.1) is 0 Å². The highest BCUT2D eigenvalue weighted by atomic mass is 32.2. The summed E-state index contributed by atoms with van der Waals surface area (Å²) >= 11 is 0. The molecule has 0 bridgehead atoms. The van der Waals surface area contributed by atoms with Crippen molar-refractivity contribution in [1.29, 1.82) is 0 Å². The van der Waals surface area contributed by atoms with E-state index in [1.165, 1.54) is 15.2 Å². The molecule has 0 saturated carbocycles. The van der Waals surface area contributed by atoms with Crippen molar-refractivity contribution in [3.63, 3.8) is 0 Å². The van der Waals surface area contributed by atoms with Gasteiger partial charge in [-0.2, -0.15) is 9.40 Å². The summed E-state index contributed by atoms with van der Waals surface area (Å²) in [4.78, 5) is 0.0506. The summed E-state index contributed by atoms with van der Waals surface area (Å²) in [6, 6.07) is 9.29. The number of aromatic nitrogens is 2. The van der Waals surface area contributed by atoms with E-state index in [1.54, 1.807) is 7.05 Å². The lowest BCUT2D eigenvalue weighted by molar-refractivity contribution is 0.348. The molecule has 0 aliphatic carbocycles. The molecule has 1 aromatic carbocycles. The van der Waals surface area contributed by atoms with Crippen molar-refractivity contribution in [3.8, 4) is 0 Å². The molecule has 0 aliphatic heterocycles. The summed E-state index contributed by atoms with van der Waals surface area (Å²) in [7, 11) is -2.04. The van der Waals surface area contributed by atoms with Gasteiger partial charge in [0.15, 0.2) is 5.82 Å². The second-order valence-corrected chi connectivity index (χ2v) is 7.04. The van der Waals surface area contributed by atoms with E-state index in [2.05, 4.69) is 5.10 Å². The highest BCUT2D eigenvalue weighted by Crippen LogP contribution is 2.24. The Balaban J connectivity index is 2.40. The lowest BCUT2D eigenvalue weighted by Gasteiger charge is -2.25. The molecule has 0 saturated heterocycles. The van der Waals surface area contributed by atoms with Gasteiger partial charge in [-0.3, -0.25) is 4.68 Å². The topological polar surface area (TPSA) is 81.2 Å². The number of nitrogens with two attached hydrogens (primary N) is 1. The van der Waals surface area contributed by atoms with Gasteiger partial charge in [-0.05, 0) is 19.4 Å². The van der Waals surface area contributed by atoms with E-state index in [0.29, 0.717) is 6.54 Å². The predicted molar refractivity (Wildman–Crippen MR) is 81.9 cm³/mol. The Bertz CT molecular complexity index is 708. The maximum Gasteiger partial charge on any atom is 0.248 e. The van der Waals surface area contributed by atoms with Crippen molar-refractivity contribution in [3.05, 3.63) is 42.1 Å². The minimum atomic E-state index is -3.68. The van der Waals surface area contributed by atoms with E-state index in [9.17, 15) is 8.42 Å². The molecule has 0 fully saturated rings. The summed E-state index contributed by atoms with van der Waals surface area (Å²) < 4.78 is 28.4. The van der Waals surface area contributed by atoms with E-state index in [1.807, 2.05) is 44.2 Å². The summed E-state index contributed by atoms with van der Waals surface area (Å²) in [6.07, 6.45) is 1.44. The van der Waals surface area contributed by atoms with Gasteiger partial charge in [0.1, 0.15) is 4.90 Å². The molecule has 0 amide bonds. The zero-order valence-corrected chi connectivity index (χ0v) is 13.2. The van der Waals surface area contributed by atoms with E-state index < -0.39 is 10.0 Å². The molecule has 1 heterocycles. The van der Waals surface area contributed by atoms with E-state index in [4.69, 9.17) is 5.73 Å². The summed E-state index contributed by atoms with van der Waals surface area (Å²) in [5.41, 5.74) is 6.65. The Morgan fingerprint density at radius 3 is 2.38 bits per heavy atom. The van der Waals surface area contributed by atoms with Crippen LogP contribution in [0.4, 0.5) is 5.82 Å². The number of sulfonamides is 1. The fourth-order valence-electron chi connectivity index (χ4n) is 2.12. The summed E-state index contributed by atoms with van der Waals surface area (Å²) in [6.45, 7) is 3.98. The zero-order valence-electron chi connectivity index (χ0n) is 12.4. The molecule has 0 unspecified atom stereocenters. The van der Waals surface area contributed by atoms with Gasteiger partial charge in [0.2, 0.25) is 10.0 Å². The lowest BCUT2D eigenvalue weighted by atomic mass is 10.2. The number of hydrogen-bond donors (Lipinski definition) is 1. The van der Waals surface area contributed by atoms with Gasteiger partial charge < -0.3 is 5.73 Å². The first-order valence-corrected chi connectivity index (χ1v) is 8.11. The van der Waals surface area contributed by atoms with Crippen molar-refractivity contribution in [2.45, 2.75) is 31.3 Å². The smallest absolute Gasteiger partial charge is 0.248 e. The SMILES string of the molecule is CC(C)N(Cc1ccccc1)S(=O)(=O)c1cn(C)nc1N. The second kappa shape index (κ2) is 5.87. The number of benzene rings is 1. The minimum absolute atomic E-state index is 0.0243. The number of aryl methyl sites for hydroxylation is 1. The monoisotopic (exact) mass is 308 g/mol. The van der Waals surface area contributed by atoms with E-state index in [-0.39, 0.29) is 16.8 Å². The van der Waals surface area contributed by atoms with Crippen LogP contribution in [0.1, 0.15) is 19.4 Å². The summed E-state index contributed by atoms with van der Waals surface area (Å²) in [5.74, 6) is 0.0243. The van der Waals surface area contributed by atoms with Crippen LogP contribution in [-0.4, -0.2) is 28.5 Å². The average Bonchev–Trinajstić information content (AvgIpc) is 2.76. The Labute approximate surface area is 125 Å². The number of nitrogen functional groups attached to an aromatic ring is 1. The molecule has 0 spiro atoms. The van der Waals surface area contributed by atoms with Crippen LogP contribution in [0.15, 0.2) is 41.4 Å². The van der Waals surface area contributed by atoms with Crippen LogP contribution in [0.2, 0.25) is 0 Å². The largest absolute Gasteiger partial charge is 0.381 e. The summed E-state index contributed by atoms with van der Waals surface area (Å²) in [5, 5.41) is 3.91. The van der Waals surface area contributed by atoms with Crippen molar-refractivity contribution in [2.24, 2.45) is 7.05 Å². The van der Waals surface area contributed by atoms with Gasteiger partial charge in [0, 0.05) is 25.8 Å². The zero-order chi connectivity index (χ0) is 15.6.